The molecule has 0 bridgehead atoms. The van der Waals surface area contributed by atoms with Gasteiger partial charge in [-0.2, -0.15) is 0 Å². The Morgan fingerprint density at radius 1 is 1.32 bits per heavy atom. The molecule has 0 radical (unpaired) electrons. The van der Waals surface area contributed by atoms with Crippen molar-refractivity contribution in [1.29, 1.82) is 0 Å². The van der Waals surface area contributed by atoms with Crippen LogP contribution >= 0.6 is 11.3 Å². The molecule has 2 heterocycles. The Hall–Kier alpha value is -2.18. The van der Waals surface area contributed by atoms with E-state index in [1.807, 2.05) is 41.8 Å². The zero-order valence-corrected chi connectivity index (χ0v) is 12.9. The average Bonchev–Trinajstić information content (AvgIpc) is 3.15. The number of aromatic amines is 1. The Labute approximate surface area is 132 Å². The number of aromatic nitrogens is 2. The van der Waals surface area contributed by atoms with Crippen molar-refractivity contribution in [1.82, 2.24) is 15.3 Å². The van der Waals surface area contributed by atoms with Crippen LogP contribution in [0.1, 0.15) is 10.7 Å². The van der Waals surface area contributed by atoms with Crippen LogP contribution < -0.4 is 11.1 Å². The highest BCUT2D eigenvalue weighted by molar-refractivity contribution is 7.09. The minimum Gasteiger partial charge on any atom is -0.354 e. The molecule has 0 aliphatic heterocycles. The first-order valence-corrected chi connectivity index (χ1v) is 8.09. The van der Waals surface area contributed by atoms with Gasteiger partial charge in [-0.3, -0.25) is 4.79 Å². The van der Waals surface area contributed by atoms with Gasteiger partial charge in [-0.15, -0.1) is 11.3 Å². The summed E-state index contributed by atoms with van der Waals surface area (Å²) in [4.78, 5) is 20.8. The van der Waals surface area contributed by atoms with E-state index in [2.05, 4.69) is 15.3 Å². The highest BCUT2D eigenvalue weighted by Crippen LogP contribution is 2.11. The molecule has 1 unspecified atom stereocenters. The van der Waals surface area contributed by atoms with Gasteiger partial charge in [0.1, 0.15) is 5.82 Å². The lowest BCUT2D eigenvalue weighted by Crippen LogP contribution is -2.42. The van der Waals surface area contributed by atoms with Crippen LogP contribution in [0, 0.1) is 0 Å². The minimum absolute atomic E-state index is 0.121. The minimum atomic E-state index is -0.505. The first-order chi connectivity index (χ1) is 10.7. The molecule has 114 valence electrons. The van der Waals surface area contributed by atoms with E-state index in [1.165, 1.54) is 0 Å². The number of amides is 1. The number of rotatable bonds is 6. The van der Waals surface area contributed by atoms with Crippen LogP contribution in [0.25, 0.3) is 11.0 Å². The molecule has 0 spiro atoms. The molecule has 3 aromatic rings. The average molecular weight is 314 g/mol. The third-order valence-electron chi connectivity index (χ3n) is 3.44. The van der Waals surface area contributed by atoms with Crippen LogP contribution in [-0.2, 0) is 17.6 Å². The molecule has 22 heavy (non-hydrogen) atoms. The first kappa shape index (κ1) is 14.7. The number of para-hydroxylation sites is 2. The lowest BCUT2D eigenvalue weighted by molar-refractivity contribution is -0.122. The van der Waals surface area contributed by atoms with Crippen molar-refractivity contribution >= 4 is 28.3 Å². The molecule has 0 aliphatic rings. The van der Waals surface area contributed by atoms with Gasteiger partial charge in [0.2, 0.25) is 5.91 Å². The number of imidazole rings is 1. The van der Waals surface area contributed by atoms with Gasteiger partial charge in [0.15, 0.2) is 0 Å². The van der Waals surface area contributed by atoms with Gasteiger partial charge in [-0.25, -0.2) is 4.98 Å². The van der Waals surface area contributed by atoms with E-state index < -0.39 is 6.04 Å². The van der Waals surface area contributed by atoms with Crippen molar-refractivity contribution in [3.05, 3.63) is 52.5 Å². The summed E-state index contributed by atoms with van der Waals surface area (Å²) < 4.78 is 0. The predicted molar refractivity (Wildman–Crippen MR) is 88.8 cm³/mol. The van der Waals surface area contributed by atoms with E-state index in [1.54, 1.807) is 11.3 Å². The van der Waals surface area contributed by atoms with Crippen molar-refractivity contribution in [2.24, 2.45) is 5.73 Å². The molecule has 0 fully saturated rings. The summed E-state index contributed by atoms with van der Waals surface area (Å²) in [5.74, 6) is 0.748. The number of nitrogens with zero attached hydrogens (tertiary/aromatic N) is 1. The van der Waals surface area contributed by atoms with Gasteiger partial charge in [0, 0.05) is 24.3 Å². The highest BCUT2D eigenvalue weighted by atomic mass is 32.1. The zero-order chi connectivity index (χ0) is 15.4. The van der Waals surface area contributed by atoms with Crippen LogP contribution in [0.5, 0.6) is 0 Å². The van der Waals surface area contributed by atoms with Crippen molar-refractivity contribution in [2.45, 2.75) is 18.9 Å². The number of H-pyrrole nitrogens is 1. The molecule has 3 rings (SSSR count). The number of fused-ring (bicyclic) bond motifs is 1. The fourth-order valence-electron chi connectivity index (χ4n) is 2.30. The molecule has 4 N–H and O–H groups in total. The Kier molecular flexibility index (Phi) is 4.50. The smallest absolute Gasteiger partial charge is 0.237 e. The Morgan fingerprint density at radius 3 is 2.95 bits per heavy atom. The van der Waals surface area contributed by atoms with Crippen molar-refractivity contribution in [2.75, 3.05) is 6.54 Å². The molecular weight excluding hydrogens is 296 g/mol. The third kappa shape index (κ3) is 3.52. The van der Waals surface area contributed by atoms with E-state index in [4.69, 9.17) is 5.73 Å². The topological polar surface area (TPSA) is 83.8 Å². The van der Waals surface area contributed by atoms with Crippen molar-refractivity contribution in [3.8, 4) is 0 Å². The largest absolute Gasteiger partial charge is 0.354 e. The number of carbonyl (C=O) groups excluding carboxylic acids is 1. The van der Waals surface area contributed by atoms with Crippen molar-refractivity contribution in [3.63, 3.8) is 0 Å². The summed E-state index contributed by atoms with van der Waals surface area (Å²) in [5, 5.41) is 4.86. The van der Waals surface area contributed by atoms with E-state index in [9.17, 15) is 4.79 Å². The number of thiophene rings is 1. The number of nitrogens with one attached hydrogen (secondary N) is 2. The second kappa shape index (κ2) is 6.72. The van der Waals surface area contributed by atoms with Crippen LogP contribution in [0.4, 0.5) is 0 Å². The first-order valence-electron chi connectivity index (χ1n) is 7.21. The fraction of sp³-hybridized carbons (Fsp3) is 0.250. The maximum Gasteiger partial charge on any atom is 0.237 e. The number of nitrogens with two attached hydrogens (primary N) is 1. The molecule has 1 amide bonds. The molecule has 1 atom stereocenters. The van der Waals surface area contributed by atoms with Crippen LogP contribution in [0.3, 0.4) is 0 Å². The summed E-state index contributed by atoms with van der Waals surface area (Å²) in [5.41, 5.74) is 7.88. The molecule has 0 saturated carbocycles. The zero-order valence-electron chi connectivity index (χ0n) is 12.1. The van der Waals surface area contributed by atoms with Gasteiger partial charge in [0.05, 0.1) is 17.1 Å². The Bertz CT molecular complexity index is 717. The predicted octanol–water partition coefficient (Wildman–Crippen LogP) is 1.85. The number of carbonyl (C=O) groups is 1. The Balaban J connectivity index is 1.48. The summed E-state index contributed by atoms with van der Waals surface area (Å²) in [6.07, 6.45) is 1.24. The van der Waals surface area contributed by atoms with Crippen molar-refractivity contribution < 1.29 is 4.79 Å². The monoisotopic (exact) mass is 314 g/mol. The van der Waals surface area contributed by atoms with Gasteiger partial charge in [-0.05, 0) is 23.6 Å². The summed E-state index contributed by atoms with van der Waals surface area (Å²) in [7, 11) is 0. The summed E-state index contributed by atoms with van der Waals surface area (Å²) >= 11 is 1.62. The van der Waals surface area contributed by atoms with Gasteiger partial charge in [-0.1, -0.05) is 18.2 Å². The summed E-state index contributed by atoms with van der Waals surface area (Å²) in [6.45, 7) is 0.525. The van der Waals surface area contributed by atoms with Crippen LogP contribution in [0.15, 0.2) is 41.8 Å². The lowest BCUT2D eigenvalue weighted by atomic mass is 10.2. The lowest BCUT2D eigenvalue weighted by Gasteiger charge is -2.10. The van der Waals surface area contributed by atoms with E-state index in [0.29, 0.717) is 19.4 Å². The van der Waals surface area contributed by atoms with E-state index >= 15 is 0 Å². The molecular formula is C16H18N4OS. The van der Waals surface area contributed by atoms with Crippen LogP contribution in [-0.4, -0.2) is 28.5 Å². The fourth-order valence-corrected chi connectivity index (χ4v) is 3.06. The SMILES string of the molecule is NC(Cc1cccs1)C(=O)NCCc1nc2ccccc2[nH]1. The quantitative estimate of drug-likeness (QED) is 0.649. The molecule has 2 aromatic heterocycles. The van der Waals surface area contributed by atoms with Crippen LogP contribution in [0.2, 0.25) is 0 Å². The molecule has 0 saturated heterocycles. The van der Waals surface area contributed by atoms with Gasteiger partial charge < -0.3 is 16.0 Å². The molecule has 5 nitrogen and oxygen atoms in total. The maximum atomic E-state index is 12.0. The number of hydrogen-bond acceptors (Lipinski definition) is 4. The second-order valence-corrected chi connectivity index (χ2v) is 6.16. The Morgan fingerprint density at radius 2 is 2.18 bits per heavy atom. The van der Waals surface area contributed by atoms with E-state index in [0.717, 1.165) is 21.7 Å². The van der Waals surface area contributed by atoms with Gasteiger partial charge in [0.25, 0.3) is 0 Å². The third-order valence-corrected chi connectivity index (χ3v) is 4.34. The summed E-state index contributed by atoms with van der Waals surface area (Å²) in [6, 6.07) is 11.3. The maximum absolute atomic E-state index is 12.0. The molecule has 1 aromatic carbocycles. The number of hydrogen-bond donors (Lipinski definition) is 3. The molecule has 6 heteroatoms. The standard InChI is InChI=1S/C16H18N4OS/c17-12(10-11-4-3-9-22-11)16(21)18-8-7-15-19-13-5-1-2-6-14(13)20-15/h1-6,9,12H,7-8,10,17H2,(H,18,21)(H,19,20). The highest BCUT2D eigenvalue weighted by Gasteiger charge is 2.14. The number of benzene rings is 1. The van der Waals surface area contributed by atoms with E-state index in [-0.39, 0.29) is 5.91 Å². The normalized spacial score (nSPS) is 12.4. The second-order valence-electron chi connectivity index (χ2n) is 5.13. The van der Waals surface area contributed by atoms with Gasteiger partial charge >= 0.3 is 0 Å². The molecule has 0 aliphatic carbocycles.